The molecule has 176 valence electrons. The Balaban J connectivity index is 1.63. The number of sulfonamides is 1. The van der Waals surface area contributed by atoms with Crippen molar-refractivity contribution in [3.05, 3.63) is 59.7 Å². The first-order valence-electron chi connectivity index (χ1n) is 11.8. The molecule has 2 aromatic carbocycles. The average molecular weight is 469 g/mol. The number of anilines is 1. The fourth-order valence-corrected chi connectivity index (χ4v) is 7.76. The number of hydrogen-bond acceptors (Lipinski definition) is 5. The van der Waals surface area contributed by atoms with E-state index in [4.69, 9.17) is 4.74 Å². The van der Waals surface area contributed by atoms with Gasteiger partial charge in [0.25, 0.3) is 0 Å². The van der Waals surface area contributed by atoms with Gasteiger partial charge in [0.1, 0.15) is 10.6 Å². The molecule has 1 fully saturated rings. The van der Waals surface area contributed by atoms with Crippen molar-refractivity contribution in [2.75, 3.05) is 32.2 Å². The second-order valence-electron chi connectivity index (χ2n) is 9.27. The monoisotopic (exact) mass is 468 g/mol. The molecule has 0 saturated carbocycles. The standard InChI is InChI=1S/C26H32N2O4S/c1-27-22-13-12-19(18-8-4-3-5-9-18)16-21(22)26-20(23(27)17-29)14-15-28(26)33(30,31)25-11-7-6-10-24(25)32-2/h6-8,10-13,16,20,23,26,29H,3-5,9,14-15,17H2,1-2H3/t20-,23+,26-/m0/s1. The summed E-state index contributed by atoms with van der Waals surface area (Å²) >= 11 is 0. The lowest BCUT2D eigenvalue weighted by atomic mass is 9.81. The molecule has 33 heavy (non-hydrogen) atoms. The summed E-state index contributed by atoms with van der Waals surface area (Å²) in [6.45, 7) is 0.416. The van der Waals surface area contributed by atoms with Gasteiger partial charge in [-0.15, -0.1) is 0 Å². The number of rotatable bonds is 5. The average Bonchev–Trinajstić information content (AvgIpc) is 3.30. The van der Waals surface area contributed by atoms with Crippen LogP contribution in [-0.4, -0.2) is 51.2 Å². The number of fused-ring (bicyclic) bond motifs is 3. The number of aliphatic hydroxyl groups is 1. The van der Waals surface area contributed by atoms with Crippen LogP contribution >= 0.6 is 0 Å². The maximum absolute atomic E-state index is 13.9. The maximum atomic E-state index is 13.9. The molecule has 2 aromatic rings. The van der Waals surface area contributed by atoms with E-state index in [-0.39, 0.29) is 29.5 Å². The molecule has 0 amide bonds. The van der Waals surface area contributed by atoms with Crippen LogP contribution in [-0.2, 0) is 10.0 Å². The summed E-state index contributed by atoms with van der Waals surface area (Å²) in [4.78, 5) is 2.33. The van der Waals surface area contributed by atoms with Crippen molar-refractivity contribution in [3.63, 3.8) is 0 Å². The SMILES string of the molecule is COc1ccccc1S(=O)(=O)N1CC[C@H]2[C@@H](CO)N(C)c3ccc(C4=CCCCC4)cc3[C@H]21. The number of hydrogen-bond donors (Lipinski definition) is 1. The molecule has 5 rings (SSSR count). The van der Waals surface area contributed by atoms with Crippen LogP contribution in [0.3, 0.4) is 0 Å². The van der Waals surface area contributed by atoms with E-state index in [0.29, 0.717) is 18.7 Å². The van der Waals surface area contributed by atoms with Crippen LogP contribution in [0.25, 0.3) is 5.57 Å². The zero-order valence-corrected chi connectivity index (χ0v) is 20.1. The minimum atomic E-state index is -3.79. The third kappa shape index (κ3) is 3.66. The Labute approximate surface area is 196 Å². The first kappa shape index (κ1) is 22.4. The lowest BCUT2D eigenvalue weighted by Crippen LogP contribution is -2.48. The summed E-state index contributed by atoms with van der Waals surface area (Å²) in [5.74, 6) is 0.376. The largest absolute Gasteiger partial charge is 0.495 e. The molecule has 3 aliphatic rings. The number of benzene rings is 2. The Morgan fingerprint density at radius 1 is 1.15 bits per heavy atom. The third-order valence-electron chi connectivity index (χ3n) is 7.62. The number of para-hydroxylation sites is 1. The predicted molar refractivity (Wildman–Crippen MR) is 130 cm³/mol. The van der Waals surface area contributed by atoms with Crippen LogP contribution in [0, 0.1) is 5.92 Å². The van der Waals surface area contributed by atoms with Crippen LogP contribution in [0.15, 0.2) is 53.4 Å². The van der Waals surface area contributed by atoms with Gasteiger partial charge < -0.3 is 14.7 Å². The summed E-state index contributed by atoms with van der Waals surface area (Å²) in [5.41, 5.74) is 4.57. The summed E-state index contributed by atoms with van der Waals surface area (Å²) < 4.78 is 34.8. The number of allylic oxidation sites excluding steroid dienone is 2. The van der Waals surface area contributed by atoms with Gasteiger partial charge in [-0.2, -0.15) is 4.31 Å². The molecule has 6 nitrogen and oxygen atoms in total. The highest BCUT2D eigenvalue weighted by molar-refractivity contribution is 7.89. The Hall–Kier alpha value is -2.35. The van der Waals surface area contributed by atoms with Gasteiger partial charge in [0, 0.05) is 25.2 Å². The van der Waals surface area contributed by atoms with E-state index in [2.05, 4.69) is 29.2 Å². The first-order valence-corrected chi connectivity index (χ1v) is 13.2. The molecule has 2 aliphatic heterocycles. The number of ether oxygens (including phenoxy) is 1. The van der Waals surface area contributed by atoms with Crippen LogP contribution in [0.4, 0.5) is 5.69 Å². The molecule has 2 heterocycles. The minimum absolute atomic E-state index is 0.00738. The molecule has 0 spiro atoms. The highest BCUT2D eigenvalue weighted by Crippen LogP contribution is 2.51. The molecule has 1 saturated heterocycles. The lowest BCUT2D eigenvalue weighted by molar-refractivity contribution is 0.193. The van der Waals surface area contributed by atoms with E-state index in [1.165, 1.54) is 31.1 Å². The van der Waals surface area contributed by atoms with Gasteiger partial charge in [-0.05, 0) is 73.1 Å². The van der Waals surface area contributed by atoms with Gasteiger partial charge in [-0.1, -0.05) is 24.3 Å². The quantitative estimate of drug-likeness (QED) is 0.712. The molecular formula is C26H32N2O4S. The maximum Gasteiger partial charge on any atom is 0.247 e. The van der Waals surface area contributed by atoms with E-state index in [9.17, 15) is 13.5 Å². The van der Waals surface area contributed by atoms with Gasteiger partial charge in [0.05, 0.1) is 25.8 Å². The van der Waals surface area contributed by atoms with Crippen LogP contribution < -0.4 is 9.64 Å². The van der Waals surface area contributed by atoms with Gasteiger partial charge in [0.2, 0.25) is 10.0 Å². The Morgan fingerprint density at radius 2 is 1.97 bits per heavy atom. The Bertz CT molecular complexity index is 1180. The summed E-state index contributed by atoms with van der Waals surface area (Å²) in [6, 6.07) is 12.8. The number of aliphatic hydroxyl groups excluding tert-OH is 1. The summed E-state index contributed by atoms with van der Waals surface area (Å²) in [5, 5.41) is 10.2. The van der Waals surface area contributed by atoms with Gasteiger partial charge in [-0.3, -0.25) is 0 Å². The van der Waals surface area contributed by atoms with Crippen LogP contribution in [0.1, 0.15) is 49.3 Å². The Kier molecular flexibility index (Phi) is 5.97. The number of nitrogens with zero attached hydrogens (tertiary/aromatic N) is 2. The normalized spacial score (nSPS) is 25.4. The van der Waals surface area contributed by atoms with Gasteiger partial charge in [0.15, 0.2) is 0 Å². The molecule has 0 unspecified atom stereocenters. The van der Waals surface area contributed by atoms with Crippen molar-refractivity contribution in [2.24, 2.45) is 5.92 Å². The third-order valence-corrected chi connectivity index (χ3v) is 9.54. The smallest absolute Gasteiger partial charge is 0.247 e. The molecule has 1 aliphatic carbocycles. The second-order valence-corrected chi connectivity index (χ2v) is 11.1. The van der Waals surface area contributed by atoms with E-state index in [1.807, 2.05) is 7.05 Å². The molecule has 7 heteroatoms. The number of likely N-dealkylation sites (N-methyl/N-ethyl adjacent to an activating group) is 1. The lowest BCUT2D eigenvalue weighted by Gasteiger charge is -2.44. The van der Waals surface area contributed by atoms with Crippen LogP contribution in [0.5, 0.6) is 5.75 Å². The fraction of sp³-hybridized carbons (Fsp3) is 0.462. The van der Waals surface area contributed by atoms with E-state index in [0.717, 1.165) is 24.1 Å². The fourth-order valence-electron chi connectivity index (χ4n) is 5.94. The van der Waals surface area contributed by atoms with Crippen molar-refractivity contribution in [2.45, 2.75) is 49.1 Å². The van der Waals surface area contributed by atoms with Crippen LogP contribution in [0.2, 0.25) is 0 Å². The van der Waals surface area contributed by atoms with E-state index >= 15 is 0 Å². The van der Waals surface area contributed by atoms with Crippen molar-refractivity contribution >= 4 is 21.3 Å². The second kappa shape index (κ2) is 8.78. The first-order chi connectivity index (χ1) is 16.0. The molecular weight excluding hydrogens is 436 g/mol. The minimum Gasteiger partial charge on any atom is -0.495 e. The zero-order valence-electron chi connectivity index (χ0n) is 19.3. The summed E-state index contributed by atoms with van der Waals surface area (Å²) in [7, 11) is -0.283. The molecule has 1 N–H and O–H groups in total. The number of methoxy groups -OCH3 is 1. The molecule has 3 atom stereocenters. The van der Waals surface area contributed by atoms with Gasteiger partial charge in [-0.25, -0.2) is 8.42 Å². The van der Waals surface area contributed by atoms with E-state index < -0.39 is 10.0 Å². The van der Waals surface area contributed by atoms with E-state index in [1.54, 1.807) is 28.6 Å². The summed E-state index contributed by atoms with van der Waals surface area (Å²) in [6.07, 6.45) is 7.61. The molecule has 0 aromatic heterocycles. The zero-order chi connectivity index (χ0) is 23.2. The topological polar surface area (TPSA) is 70.1 Å². The van der Waals surface area contributed by atoms with Crippen molar-refractivity contribution in [1.29, 1.82) is 0 Å². The highest BCUT2D eigenvalue weighted by atomic mass is 32.2. The predicted octanol–water partition coefficient (Wildman–Crippen LogP) is 4.22. The molecule has 0 radical (unpaired) electrons. The van der Waals surface area contributed by atoms with Crippen molar-refractivity contribution < 1.29 is 18.3 Å². The Morgan fingerprint density at radius 3 is 2.70 bits per heavy atom. The van der Waals surface area contributed by atoms with Gasteiger partial charge >= 0.3 is 0 Å². The van der Waals surface area contributed by atoms with Crippen molar-refractivity contribution in [3.8, 4) is 5.75 Å². The van der Waals surface area contributed by atoms with Crippen molar-refractivity contribution in [1.82, 2.24) is 4.31 Å². The molecule has 0 bridgehead atoms. The highest BCUT2D eigenvalue weighted by Gasteiger charge is 2.50.